The Morgan fingerprint density at radius 3 is 1.06 bits per heavy atom. The zero-order valence-electron chi connectivity index (χ0n) is 25.1. The summed E-state index contributed by atoms with van der Waals surface area (Å²) in [4.78, 5) is -0.226. The fourth-order valence-electron chi connectivity index (χ4n) is 5.20. The standard InChI is InChI=1S/C32H22Br4N8O4S2/c33-21-9-15(10-22(34)31(21)43-41-25-13-27(49(39,45)46)17-5-1-3-7-19(17)29(25)37)16-11-23(35)32(24(36)12-16)44-42-26-14-28(50(40,47)48)18-6-2-4-8-20(18)30(26)38/h1-14H,37-38H2,(H2,39,45,46)(H2,40,47,48)/b43-41+,44-42+. The van der Waals surface area contributed by atoms with E-state index in [0.29, 0.717) is 50.8 Å². The Morgan fingerprint density at radius 2 is 0.760 bits per heavy atom. The minimum atomic E-state index is -4.08. The first kappa shape index (κ1) is 36.2. The van der Waals surface area contributed by atoms with Crippen molar-refractivity contribution in [1.82, 2.24) is 0 Å². The van der Waals surface area contributed by atoms with Crippen molar-refractivity contribution >= 4 is 139 Å². The van der Waals surface area contributed by atoms with Gasteiger partial charge in [-0.25, -0.2) is 27.1 Å². The molecule has 254 valence electrons. The molecular weight excluding hydrogens is 944 g/mol. The van der Waals surface area contributed by atoms with Crippen molar-refractivity contribution in [2.45, 2.75) is 9.79 Å². The van der Waals surface area contributed by atoms with Crippen LogP contribution in [0.5, 0.6) is 0 Å². The molecule has 12 nitrogen and oxygen atoms in total. The fraction of sp³-hybridized carbons (Fsp3) is 0. The maximum Gasteiger partial charge on any atom is 0.238 e. The summed E-state index contributed by atoms with van der Waals surface area (Å²) in [6.45, 7) is 0. The van der Waals surface area contributed by atoms with Gasteiger partial charge in [0, 0.05) is 39.4 Å². The Hall–Kier alpha value is -3.62. The first-order chi connectivity index (χ1) is 23.5. The number of anilines is 2. The van der Waals surface area contributed by atoms with E-state index in [1.807, 2.05) is 24.3 Å². The van der Waals surface area contributed by atoms with Crippen molar-refractivity contribution in [3.63, 3.8) is 0 Å². The van der Waals surface area contributed by atoms with E-state index in [0.717, 1.165) is 11.1 Å². The summed E-state index contributed by atoms with van der Waals surface area (Å²) >= 11 is 14.3. The quantitative estimate of drug-likeness (QED) is 0.0900. The van der Waals surface area contributed by atoms with Gasteiger partial charge in [0.2, 0.25) is 20.0 Å². The lowest BCUT2D eigenvalue weighted by Crippen LogP contribution is -2.13. The lowest BCUT2D eigenvalue weighted by molar-refractivity contribution is 0.597. The number of hydrogen-bond donors (Lipinski definition) is 4. The number of nitrogens with two attached hydrogens (primary N) is 4. The van der Waals surface area contributed by atoms with Crippen LogP contribution in [0.3, 0.4) is 0 Å². The van der Waals surface area contributed by atoms with E-state index in [2.05, 4.69) is 84.2 Å². The third-order valence-electron chi connectivity index (χ3n) is 7.55. The molecule has 0 aliphatic heterocycles. The van der Waals surface area contributed by atoms with E-state index in [1.165, 1.54) is 12.1 Å². The van der Waals surface area contributed by atoms with Crippen molar-refractivity contribution in [3.05, 3.63) is 103 Å². The lowest BCUT2D eigenvalue weighted by atomic mass is 10.1. The number of primary sulfonamides is 2. The topological polar surface area (TPSA) is 222 Å². The van der Waals surface area contributed by atoms with Gasteiger partial charge in [-0.15, -0.1) is 20.5 Å². The van der Waals surface area contributed by atoms with Gasteiger partial charge >= 0.3 is 0 Å². The zero-order valence-corrected chi connectivity index (χ0v) is 33.1. The molecule has 0 saturated carbocycles. The van der Waals surface area contributed by atoms with Gasteiger partial charge in [0.15, 0.2) is 0 Å². The number of hydrogen-bond acceptors (Lipinski definition) is 10. The highest BCUT2D eigenvalue weighted by molar-refractivity contribution is 9.11. The summed E-state index contributed by atoms with van der Waals surface area (Å²) in [6.07, 6.45) is 0. The average molecular weight is 966 g/mol. The third-order valence-corrected chi connectivity index (χ3v) is 11.9. The van der Waals surface area contributed by atoms with E-state index in [9.17, 15) is 16.8 Å². The molecule has 0 amide bonds. The maximum absolute atomic E-state index is 12.3. The number of azo groups is 2. The van der Waals surface area contributed by atoms with Crippen LogP contribution in [0.4, 0.5) is 34.1 Å². The van der Waals surface area contributed by atoms with Gasteiger partial charge in [-0.05, 0) is 111 Å². The molecule has 0 aliphatic carbocycles. The molecule has 0 bridgehead atoms. The van der Waals surface area contributed by atoms with Crippen LogP contribution in [-0.4, -0.2) is 16.8 Å². The number of rotatable bonds is 7. The largest absolute Gasteiger partial charge is 0.396 e. The number of nitrogen functional groups attached to an aromatic ring is 2. The van der Waals surface area contributed by atoms with Crippen LogP contribution in [-0.2, 0) is 20.0 Å². The first-order valence-electron chi connectivity index (χ1n) is 14.0. The fourth-order valence-corrected chi connectivity index (χ4v) is 9.41. The number of sulfonamides is 2. The molecule has 6 rings (SSSR count). The average Bonchev–Trinajstić information content (AvgIpc) is 3.04. The van der Waals surface area contributed by atoms with Gasteiger partial charge in [-0.3, -0.25) is 0 Å². The third kappa shape index (κ3) is 7.11. The second-order valence-electron chi connectivity index (χ2n) is 10.8. The monoisotopic (exact) mass is 962 g/mol. The van der Waals surface area contributed by atoms with Gasteiger partial charge < -0.3 is 11.5 Å². The van der Waals surface area contributed by atoms with Crippen molar-refractivity contribution in [2.24, 2.45) is 30.7 Å². The van der Waals surface area contributed by atoms with Crippen LogP contribution in [0.25, 0.3) is 32.7 Å². The molecule has 0 atom stereocenters. The molecule has 0 aliphatic rings. The van der Waals surface area contributed by atoms with Crippen LogP contribution in [0.15, 0.2) is 133 Å². The van der Waals surface area contributed by atoms with E-state index < -0.39 is 20.0 Å². The van der Waals surface area contributed by atoms with Gasteiger partial charge in [0.1, 0.15) is 22.7 Å². The molecule has 0 spiro atoms. The van der Waals surface area contributed by atoms with Crippen LogP contribution in [0, 0.1) is 0 Å². The van der Waals surface area contributed by atoms with Crippen LogP contribution in [0.1, 0.15) is 0 Å². The molecule has 0 heterocycles. The molecule has 8 N–H and O–H groups in total. The SMILES string of the molecule is Nc1c(/N=N/c2c(Br)cc(-c3cc(Br)c(/N=N/c4cc(S(N)(=O)=O)c5ccccc5c4N)c(Br)c3)cc2Br)cc(S(N)(=O)=O)c2ccccc12. The highest BCUT2D eigenvalue weighted by Crippen LogP contribution is 2.44. The minimum absolute atomic E-state index is 0.113. The Kier molecular flexibility index (Phi) is 10.0. The van der Waals surface area contributed by atoms with Gasteiger partial charge in [-0.1, -0.05) is 48.5 Å². The summed E-state index contributed by atoms with van der Waals surface area (Å²) in [5.41, 5.74) is 15.9. The second kappa shape index (κ2) is 13.8. The molecule has 0 saturated heterocycles. The zero-order chi connectivity index (χ0) is 36.1. The second-order valence-corrected chi connectivity index (χ2v) is 17.3. The Balaban J connectivity index is 1.34. The maximum atomic E-state index is 12.3. The number of benzene rings is 6. The van der Waals surface area contributed by atoms with E-state index >= 15 is 0 Å². The highest BCUT2D eigenvalue weighted by Gasteiger charge is 2.20. The van der Waals surface area contributed by atoms with Gasteiger partial charge in [0.05, 0.1) is 21.2 Å². The molecule has 0 radical (unpaired) electrons. The summed E-state index contributed by atoms with van der Waals surface area (Å²) < 4.78 is 51.7. The Labute approximate surface area is 319 Å². The molecular formula is C32H22Br4N8O4S2. The van der Waals surface area contributed by atoms with Crippen LogP contribution in [0.2, 0.25) is 0 Å². The van der Waals surface area contributed by atoms with Crippen molar-refractivity contribution < 1.29 is 16.8 Å². The van der Waals surface area contributed by atoms with E-state index in [1.54, 1.807) is 48.5 Å². The van der Waals surface area contributed by atoms with Crippen LogP contribution >= 0.6 is 63.7 Å². The lowest BCUT2D eigenvalue weighted by Gasteiger charge is -2.11. The van der Waals surface area contributed by atoms with Crippen molar-refractivity contribution in [1.29, 1.82) is 0 Å². The normalized spacial score (nSPS) is 12.5. The number of nitrogens with zero attached hydrogens (tertiary/aromatic N) is 4. The summed E-state index contributed by atoms with van der Waals surface area (Å²) in [7, 11) is -8.16. The minimum Gasteiger partial charge on any atom is -0.396 e. The first-order valence-corrected chi connectivity index (χ1v) is 20.3. The predicted molar refractivity (Wildman–Crippen MR) is 210 cm³/mol. The van der Waals surface area contributed by atoms with E-state index in [4.69, 9.17) is 21.7 Å². The molecule has 6 aromatic carbocycles. The Morgan fingerprint density at radius 1 is 0.460 bits per heavy atom. The van der Waals surface area contributed by atoms with Gasteiger partial charge in [-0.2, -0.15) is 0 Å². The van der Waals surface area contributed by atoms with Gasteiger partial charge in [0.25, 0.3) is 0 Å². The molecule has 18 heteroatoms. The summed E-state index contributed by atoms with van der Waals surface area (Å²) in [5.74, 6) is 0. The number of halogens is 4. The van der Waals surface area contributed by atoms with Crippen molar-refractivity contribution in [3.8, 4) is 11.1 Å². The van der Waals surface area contributed by atoms with Crippen molar-refractivity contribution in [2.75, 3.05) is 11.5 Å². The molecule has 0 aromatic heterocycles. The smallest absolute Gasteiger partial charge is 0.238 e. The molecule has 0 unspecified atom stereocenters. The molecule has 50 heavy (non-hydrogen) atoms. The summed E-state index contributed by atoms with van der Waals surface area (Å²) in [6, 6.07) is 23.4. The summed E-state index contributed by atoms with van der Waals surface area (Å²) in [5, 5.41) is 30.0. The van der Waals surface area contributed by atoms with Crippen LogP contribution < -0.4 is 21.7 Å². The predicted octanol–water partition coefficient (Wildman–Crippen LogP) is 10.00. The molecule has 6 aromatic rings. The van der Waals surface area contributed by atoms with E-state index in [-0.39, 0.29) is 32.5 Å². The number of fused-ring (bicyclic) bond motifs is 2. The Bertz CT molecular complexity index is 2460. The molecule has 0 fully saturated rings. The highest BCUT2D eigenvalue weighted by atomic mass is 79.9.